The van der Waals surface area contributed by atoms with Crippen molar-refractivity contribution in [3.8, 4) is 5.75 Å². The van der Waals surface area contributed by atoms with Crippen LogP contribution in [0.25, 0.3) is 0 Å². The predicted molar refractivity (Wildman–Crippen MR) is 106 cm³/mol. The molecule has 3 rings (SSSR count). The lowest BCUT2D eigenvalue weighted by molar-refractivity contribution is 0.0482. The van der Waals surface area contributed by atoms with Crippen LogP contribution in [0.1, 0.15) is 56.3 Å². The summed E-state index contributed by atoms with van der Waals surface area (Å²) in [7, 11) is 0. The smallest absolute Gasteiger partial charge is 0.165 e. The number of nitrogens with zero attached hydrogens (tertiary/aromatic N) is 2. The molecule has 1 atom stereocenters. The first-order chi connectivity index (χ1) is 12.6. The Bertz CT molecular complexity index is 570. The van der Waals surface area contributed by atoms with Crippen LogP contribution in [0.3, 0.4) is 0 Å². The Balaban J connectivity index is 1.31. The molecule has 4 heteroatoms. The Morgan fingerprint density at radius 1 is 1.12 bits per heavy atom. The molecule has 0 aromatic heterocycles. The second-order valence-corrected chi connectivity index (χ2v) is 8.09. The van der Waals surface area contributed by atoms with Crippen molar-refractivity contribution in [2.45, 2.75) is 52.0 Å². The molecule has 4 nitrogen and oxygen atoms in total. The third-order valence-electron chi connectivity index (χ3n) is 5.72. The number of piperazine rings is 1. The lowest BCUT2D eigenvalue weighted by atomic mass is 9.99. The van der Waals surface area contributed by atoms with Gasteiger partial charge in [0, 0.05) is 37.2 Å². The van der Waals surface area contributed by atoms with Crippen molar-refractivity contribution in [1.82, 2.24) is 9.80 Å². The molecule has 1 unspecified atom stereocenters. The number of benzene rings is 1. The van der Waals surface area contributed by atoms with Gasteiger partial charge in [-0.05, 0) is 63.0 Å². The summed E-state index contributed by atoms with van der Waals surface area (Å²) in [6.07, 6.45) is 6.45. The highest BCUT2D eigenvalue weighted by atomic mass is 16.5. The Morgan fingerprint density at radius 2 is 1.92 bits per heavy atom. The maximum absolute atomic E-state index is 11.9. The molecule has 0 spiro atoms. The molecular weight excluding hydrogens is 324 g/mol. The molecule has 2 heterocycles. The van der Waals surface area contributed by atoms with Crippen LogP contribution in [0.2, 0.25) is 0 Å². The summed E-state index contributed by atoms with van der Waals surface area (Å²) in [5.41, 5.74) is 0.772. The van der Waals surface area contributed by atoms with Crippen molar-refractivity contribution in [3.05, 3.63) is 29.8 Å². The van der Waals surface area contributed by atoms with Gasteiger partial charge in [0.1, 0.15) is 5.75 Å². The van der Waals surface area contributed by atoms with E-state index in [2.05, 4.69) is 9.80 Å². The second-order valence-electron chi connectivity index (χ2n) is 8.09. The Morgan fingerprint density at radius 3 is 2.69 bits per heavy atom. The Labute approximate surface area is 158 Å². The molecule has 2 aliphatic rings. The summed E-state index contributed by atoms with van der Waals surface area (Å²) in [5.74, 6) is 1.09. The van der Waals surface area contributed by atoms with E-state index in [1.165, 1.54) is 58.4 Å². The maximum Gasteiger partial charge on any atom is 0.165 e. The zero-order valence-corrected chi connectivity index (χ0v) is 16.5. The molecule has 0 bridgehead atoms. The Kier molecular flexibility index (Phi) is 7.09. The quantitative estimate of drug-likeness (QED) is 0.522. The molecule has 0 N–H and O–H groups in total. The first-order valence-corrected chi connectivity index (χ1v) is 10.4. The van der Waals surface area contributed by atoms with E-state index in [0.717, 1.165) is 30.4 Å². The molecule has 0 saturated carbocycles. The first kappa shape index (κ1) is 19.4. The van der Waals surface area contributed by atoms with Crippen molar-refractivity contribution < 1.29 is 9.53 Å². The second kappa shape index (κ2) is 9.52. The molecule has 2 fully saturated rings. The average Bonchev–Trinajstić information content (AvgIpc) is 2.67. The van der Waals surface area contributed by atoms with Gasteiger partial charge in [0.2, 0.25) is 0 Å². The number of fused-ring (bicyclic) bond motifs is 1. The van der Waals surface area contributed by atoms with Crippen LogP contribution in [0, 0.1) is 5.92 Å². The SMILES string of the molecule is CC(C)C(=O)c1ccc(OCCCCN2CCN3CCCCC3C2)cc1. The molecule has 0 amide bonds. The molecule has 1 aromatic rings. The highest BCUT2D eigenvalue weighted by Crippen LogP contribution is 2.21. The van der Waals surface area contributed by atoms with E-state index >= 15 is 0 Å². The number of carbonyl (C=O) groups excluding carboxylic acids is 1. The number of ether oxygens (including phenoxy) is 1. The number of ketones is 1. The highest BCUT2D eigenvalue weighted by molar-refractivity contribution is 5.97. The van der Waals surface area contributed by atoms with Crippen LogP contribution < -0.4 is 4.74 Å². The van der Waals surface area contributed by atoms with Gasteiger partial charge in [-0.25, -0.2) is 0 Å². The number of Topliss-reactive ketones (excluding diaryl/α,β-unsaturated/α-hetero) is 1. The fourth-order valence-corrected chi connectivity index (χ4v) is 4.10. The Hall–Kier alpha value is -1.39. The van der Waals surface area contributed by atoms with E-state index in [1.54, 1.807) is 0 Å². The lowest BCUT2D eigenvalue weighted by Gasteiger charge is -2.44. The monoisotopic (exact) mass is 358 g/mol. The van der Waals surface area contributed by atoms with Gasteiger partial charge in [0.25, 0.3) is 0 Å². The van der Waals surface area contributed by atoms with E-state index in [1.807, 2.05) is 38.1 Å². The predicted octanol–water partition coefficient (Wildman–Crippen LogP) is 3.85. The molecule has 144 valence electrons. The molecule has 1 aromatic carbocycles. The minimum atomic E-state index is 0.0391. The number of rotatable bonds is 8. The number of hydrogen-bond donors (Lipinski definition) is 0. The normalized spacial score (nSPS) is 21.6. The van der Waals surface area contributed by atoms with Crippen molar-refractivity contribution in [3.63, 3.8) is 0 Å². The fraction of sp³-hybridized carbons (Fsp3) is 0.682. The van der Waals surface area contributed by atoms with Crippen molar-refractivity contribution in [1.29, 1.82) is 0 Å². The van der Waals surface area contributed by atoms with E-state index in [0.29, 0.717) is 0 Å². The molecule has 26 heavy (non-hydrogen) atoms. The van der Waals surface area contributed by atoms with Crippen LogP contribution in [0.5, 0.6) is 5.75 Å². The van der Waals surface area contributed by atoms with Gasteiger partial charge in [-0.2, -0.15) is 0 Å². The summed E-state index contributed by atoms with van der Waals surface area (Å²) in [4.78, 5) is 17.3. The highest BCUT2D eigenvalue weighted by Gasteiger charge is 2.28. The van der Waals surface area contributed by atoms with E-state index in [4.69, 9.17) is 4.74 Å². The third kappa shape index (κ3) is 5.31. The van der Waals surface area contributed by atoms with Gasteiger partial charge >= 0.3 is 0 Å². The lowest BCUT2D eigenvalue weighted by Crippen LogP contribution is -2.54. The average molecular weight is 359 g/mol. The summed E-state index contributed by atoms with van der Waals surface area (Å²) >= 11 is 0. The first-order valence-electron chi connectivity index (χ1n) is 10.4. The van der Waals surface area contributed by atoms with Crippen LogP contribution in [-0.4, -0.2) is 61.0 Å². The topological polar surface area (TPSA) is 32.8 Å². The van der Waals surface area contributed by atoms with E-state index < -0.39 is 0 Å². The summed E-state index contributed by atoms with van der Waals surface area (Å²) in [6, 6.07) is 8.39. The summed E-state index contributed by atoms with van der Waals surface area (Å²) in [5, 5.41) is 0. The van der Waals surface area contributed by atoms with Gasteiger partial charge < -0.3 is 9.64 Å². The fourth-order valence-electron chi connectivity index (χ4n) is 4.10. The minimum Gasteiger partial charge on any atom is -0.494 e. The third-order valence-corrected chi connectivity index (χ3v) is 5.72. The molecule has 0 aliphatic carbocycles. The molecule has 2 aliphatic heterocycles. The van der Waals surface area contributed by atoms with Gasteiger partial charge in [0.15, 0.2) is 5.78 Å². The molecule has 0 radical (unpaired) electrons. The largest absolute Gasteiger partial charge is 0.494 e. The van der Waals surface area contributed by atoms with Crippen molar-refractivity contribution in [2.75, 3.05) is 39.3 Å². The number of carbonyl (C=O) groups is 1. The zero-order chi connectivity index (χ0) is 18.4. The molecular formula is C22H34N2O2. The van der Waals surface area contributed by atoms with Gasteiger partial charge in [-0.3, -0.25) is 9.69 Å². The number of piperidine rings is 1. The maximum atomic E-state index is 11.9. The van der Waals surface area contributed by atoms with E-state index in [-0.39, 0.29) is 11.7 Å². The summed E-state index contributed by atoms with van der Waals surface area (Å²) in [6.45, 7) is 10.9. The number of unbranched alkanes of at least 4 members (excludes halogenated alkanes) is 1. The van der Waals surface area contributed by atoms with Crippen LogP contribution in [0.15, 0.2) is 24.3 Å². The number of hydrogen-bond acceptors (Lipinski definition) is 4. The minimum absolute atomic E-state index is 0.0391. The van der Waals surface area contributed by atoms with Gasteiger partial charge in [-0.1, -0.05) is 20.3 Å². The van der Waals surface area contributed by atoms with Crippen molar-refractivity contribution >= 4 is 5.78 Å². The van der Waals surface area contributed by atoms with Crippen LogP contribution >= 0.6 is 0 Å². The van der Waals surface area contributed by atoms with E-state index in [9.17, 15) is 4.79 Å². The van der Waals surface area contributed by atoms with Crippen LogP contribution in [0.4, 0.5) is 0 Å². The summed E-state index contributed by atoms with van der Waals surface area (Å²) < 4.78 is 5.84. The van der Waals surface area contributed by atoms with Gasteiger partial charge in [-0.15, -0.1) is 0 Å². The zero-order valence-electron chi connectivity index (χ0n) is 16.5. The van der Waals surface area contributed by atoms with Gasteiger partial charge in [0.05, 0.1) is 6.61 Å². The van der Waals surface area contributed by atoms with Crippen LogP contribution in [-0.2, 0) is 0 Å². The van der Waals surface area contributed by atoms with Crippen molar-refractivity contribution in [2.24, 2.45) is 5.92 Å². The molecule has 2 saturated heterocycles. The standard InChI is InChI=1S/C22H34N2O2/c1-18(2)22(25)19-8-10-21(11-9-19)26-16-6-5-12-23-14-15-24-13-4-3-7-20(24)17-23/h8-11,18,20H,3-7,12-17H2,1-2H3.